The Labute approximate surface area is 215 Å². The number of benzene rings is 2. The Hall–Kier alpha value is -2.04. The van der Waals surface area contributed by atoms with Gasteiger partial charge in [-0.25, -0.2) is 8.42 Å². The van der Waals surface area contributed by atoms with Crippen LogP contribution in [0.1, 0.15) is 36.2 Å². The van der Waals surface area contributed by atoms with Gasteiger partial charge < -0.3 is 9.30 Å². The molecule has 1 saturated heterocycles. The summed E-state index contributed by atoms with van der Waals surface area (Å²) in [7, 11) is -1.99. The van der Waals surface area contributed by atoms with Crippen LogP contribution in [0.25, 0.3) is 10.2 Å². The zero-order chi connectivity index (χ0) is 25.3. The number of halogens is 1. The summed E-state index contributed by atoms with van der Waals surface area (Å²) >= 11 is 7.74. The first-order valence-corrected chi connectivity index (χ1v) is 14.2. The summed E-state index contributed by atoms with van der Waals surface area (Å²) in [6.07, 6.45) is 1.02. The molecule has 2 aromatic carbocycles. The molecule has 2 atom stereocenters. The molecule has 7 nitrogen and oxygen atoms in total. The zero-order valence-electron chi connectivity index (χ0n) is 20.3. The second-order valence-electron chi connectivity index (χ2n) is 9.26. The van der Waals surface area contributed by atoms with E-state index in [1.54, 1.807) is 11.4 Å². The Morgan fingerprint density at radius 2 is 1.80 bits per heavy atom. The van der Waals surface area contributed by atoms with Crippen LogP contribution in [0.5, 0.6) is 0 Å². The number of fused-ring (bicyclic) bond motifs is 1. The average Bonchev–Trinajstić information content (AvgIpc) is 3.17. The van der Waals surface area contributed by atoms with E-state index in [4.69, 9.17) is 16.3 Å². The van der Waals surface area contributed by atoms with E-state index in [2.05, 4.69) is 18.8 Å². The molecule has 2 heterocycles. The predicted molar refractivity (Wildman–Crippen MR) is 139 cm³/mol. The van der Waals surface area contributed by atoms with E-state index < -0.39 is 15.9 Å². The van der Waals surface area contributed by atoms with Gasteiger partial charge in [-0.05, 0) is 67.1 Å². The number of hydrogen-bond donors (Lipinski definition) is 0. The van der Waals surface area contributed by atoms with Gasteiger partial charge in [-0.1, -0.05) is 36.8 Å². The van der Waals surface area contributed by atoms with E-state index in [0.717, 1.165) is 22.2 Å². The fourth-order valence-corrected chi connectivity index (χ4v) is 7.61. The van der Waals surface area contributed by atoms with Crippen molar-refractivity contribution in [1.29, 1.82) is 0 Å². The van der Waals surface area contributed by atoms with Crippen molar-refractivity contribution >= 4 is 49.1 Å². The normalized spacial score (nSPS) is 20.0. The predicted octanol–water partition coefficient (Wildman–Crippen LogP) is 4.72. The second kappa shape index (κ2) is 10.5. The molecule has 1 fully saturated rings. The van der Waals surface area contributed by atoms with Crippen molar-refractivity contribution in [2.45, 2.75) is 38.6 Å². The van der Waals surface area contributed by atoms with Crippen molar-refractivity contribution in [2.75, 3.05) is 26.8 Å². The SMILES string of the molecule is COCCn1c(=NC(=O)c2ccc(S(=O)(=O)N3CC(C)CC(C)C3)cc2)sc2ccc(Cl)c(C)c21. The number of piperidine rings is 1. The summed E-state index contributed by atoms with van der Waals surface area (Å²) in [5, 5.41) is 0.647. The number of aryl methyl sites for hydroxylation is 1. The van der Waals surface area contributed by atoms with E-state index in [-0.39, 0.29) is 4.90 Å². The number of nitrogens with zero attached hydrogens (tertiary/aromatic N) is 3. The maximum atomic E-state index is 13.1. The first kappa shape index (κ1) is 26.0. The van der Waals surface area contributed by atoms with Crippen LogP contribution in [-0.2, 0) is 21.3 Å². The number of hydrogen-bond acceptors (Lipinski definition) is 5. The summed E-state index contributed by atoms with van der Waals surface area (Å²) < 4.78 is 36.0. The van der Waals surface area contributed by atoms with Gasteiger partial charge in [0.2, 0.25) is 10.0 Å². The van der Waals surface area contributed by atoms with Crippen LogP contribution in [0.4, 0.5) is 0 Å². The van der Waals surface area contributed by atoms with Crippen molar-refractivity contribution in [3.8, 4) is 0 Å². The molecule has 3 aromatic rings. The summed E-state index contributed by atoms with van der Waals surface area (Å²) in [6.45, 7) is 8.09. The Balaban J connectivity index is 1.66. The van der Waals surface area contributed by atoms with Crippen LogP contribution in [0.15, 0.2) is 46.3 Å². The van der Waals surface area contributed by atoms with E-state index in [0.29, 0.717) is 53.5 Å². The monoisotopic (exact) mass is 535 g/mol. The van der Waals surface area contributed by atoms with Crippen LogP contribution in [-0.4, -0.2) is 50.0 Å². The number of ether oxygens (including phenoxy) is 1. The Bertz CT molecular complexity index is 1400. The van der Waals surface area contributed by atoms with Gasteiger partial charge in [0, 0.05) is 37.3 Å². The number of sulfonamides is 1. The molecule has 0 saturated carbocycles. The third-order valence-corrected chi connectivity index (χ3v) is 9.62. The molecule has 1 aliphatic heterocycles. The molecule has 2 unspecified atom stereocenters. The minimum Gasteiger partial charge on any atom is -0.383 e. The average molecular weight is 536 g/mol. The van der Waals surface area contributed by atoms with Gasteiger partial charge in [0.05, 0.1) is 21.7 Å². The third-order valence-electron chi connectivity index (χ3n) is 6.32. The lowest BCUT2D eigenvalue weighted by Gasteiger charge is -2.34. The molecule has 1 amide bonds. The van der Waals surface area contributed by atoms with Gasteiger partial charge in [-0.3, -0.25) is 4.79 Å². The van der Waals surface area contributed by atoms with Gasteiger partial charge in [-0.2, -0.15) is 9.30 Å². The number of amides is 1. The standard InChI is InChI=1S/C25H30ClN3O4S2/c1-16-13-17(2)15-28(14-16)35(31,32)20-7-5-19(6-8-20)24(30)27-25-29(11-12-33-4)23-18(3)21(26)9-10-22(23)34-25/h5-10,16-17H,11-15H2,1-4H3. The zero-order valence-corrected chi connectivity index (χ0v) is 22.7. The minimum absolute atomic E-state index is 0.192. The lowest BCUT2D eigenvalue weighted by atomic mass is 9.94. The summed E-state index contributed by atoms with van der Waals surface area (Å²) in [5.41, 5.74) is 2.17. The number of rotatable bonds is 6. The topological polar surface area (TPSA) is 81.0 Å². The summed E-state index contributed by atoms with van der Waals surface area (Å²) in [4.78, 5) is 18.1. The second-order valence-corrected chi connectivity index (χ2v) is 12.6. The number of methoxy groups -OCH3 is 1. The quantitative estimate of drug-likeness (QED) is 0.457. The molecule has 0 radical (unpaired) electrons. The lowest BCUT2D eigenvalue weighted by Crippen LogP contribution is -2.42. The van der Waals surface area contributed by atoms with Crippen molar-refractivity contribution in [3.63, 3.8) is 0 Å². The van der Waals surface area contributed by atoms with E-state index in [1.807, 2.05) is 23.6 Å². The van der Waals surface area contributed by atoms with Gasteiger partial charge >= 0.3 is 0 Å². The highest BCUT2D eigenvalue weighted by atomic mass is 35.5. The smallest absolute Gasteiger partial charge is 0.279 e. The van der Waals surface area contributed by atoms with Gasteiger partial charge in [-0.15, -0.1) is 0 Å². The molecular formula is C25H30ClN3O4S2. The molecule has 188 valence electrons. The maximum Gasteiger partial charge on any atom is 0.279 e. The number of carbonyl (C=O) groups excluding carboxylic acids is 1. The van der Waals surface area contributed by atoms with Gasteiger partial charge in [0.15, 0.2) is 4.80 Å². The molecular weight excluding hydrogens is 506 g/mol. The molecule has 0 N–H and O–H groups in total. The first-order valence-electron chi connectivity index (χ1n) is 11.6. The number of thiazole rings is 1. The van der Waals surface area contributed by atoms with Crippen LogP contribution in [0, 0.1) is 18.8 Å². The lowest BCUT2D eigenvalue weighted by molar-refractivity contribution is 0.0997. The largest absolute Gasteiger partial charge is 0.383 e. The summed E-state index contributed by atoms with van der Waals surface area (Å²) in [6, 6.07) is 9.82. The van der Waals surface area contributed by atoms with Gasteiger partial charge in [0.25, 0.3) is 5.91 Å². The highest BCUT2D eigenvalue weighted by Crippen LogP contribution is 2.28. The first-order chi connectivity index (χ1) is 16.6. The van der Waals surface area contributed by atoms with Crippen molar-refractivity contribution in [1.82, 2.24) is 8.87 Å². The minimum atomic E-state index is -3.61. The van der Waals surface area contributed by atoms with Crippen molar-refractivity contribution < 1.29 is 17.9 Å². The molecule has 1 aliphatic rings. The van der Waals surface area contributed by atoms with Crippen LogP contribution < -0.4 is 4.80 Å². The number of aromatic nitrogens is 1. The maximum absolute atomic E-state index is 13.1. The summed E-state index contributed by atoms with van der Waals surface area (Å²) in [5.74, 6) is 0.200. The fourth-order valence-electron chi connectivity index (χ4n) is 4.66. The van der Waals surface area contributed by atoms with Crippen LogP contribution >= 0.6 is 22.9 Å². The Morgan fingerprint density at radius 3 is 2.43 bits per heavy atom. The number of carbonyl (C=O) groups is 1. The Morgan fingerprint density at radius 1 is 1.14 bits per heavy atom. The molecule has 0 bridgehead atoms. The molecule has 0 aliphatic carbocycles. The van der Waals surface area contributed by atoms with E-state index in [1.165, 1.54) is 35.6 Å². The van der Waals surface area contributed by atoms with E-state index in [9.17, 15) is 13.2 Å². The van der Waals surface area contributed by atoms with Crippen LogP contribution in [0.2, 0.25) is 5.02 Å². The molecule has 1 aromatic heterocycles. The van der Waals surface area contributed by atoms with Gasteiger partial charge in [0.1, 0.15) is 0 Å². The van der Waals surface area contributed by atoms with Crippen molar-refractivity contribution in [2.24, 2.45) is 16.8 Å². The van der Waals surface area contributed by atoms with Crippen LogP contribution in [0.3, 0.4) is 0 Å². The van der Waals surface area contributed by atoms with E-state index >= 15 is 0 Å². The molecule has 35 heavy (non-hydrogen) atoms. The molecule has 0 spiro atoms. The molecule has 4 rings (SSSR count). The molecule has 10 heteroatoms. The Kier molecular flexibility index (Phi) is 7.83. The highest BCUT2D eigenvalue weighted by molar-refractivity contribution is 7.89. The third kappa shape index (κ3) is 5.39. The highest BCUT2D eigenvalue weighted by Gasteiger charge is 2.31. The van der Waals surface area contributed by atoms with Crippen molar-refractivity contribution in [3.05, 3.63) is 57.3 Å². The fraction of sp³-hybridized carbons (Fsp3) is 0.440.